The first-order valence-electron chi connectivity index (χ1n) is 18.9. The average molecular weight is 791 g/mol. The normalized spacial score (nSPS) is 20.6. The van der Waals surface area contributed by atoms with E-state index in [1.165, 1.54) is 0 Å². The minimum Gasteiger partial charge on any atom is -0.495 e. The molecule has 296 valence electrons. The first-order valence-corrected chi connectivity index (χ1v) is 19.3. The number of methoxy groups -OCH3 is 1. The Labute approximate surface area is 338 Å². The summed E-state index contributed by atoms with van der Waals surface area (Å²) in [7, 11) is 1.57. The number of aliphatic hydroxyl groups is 1. The molecule has 5 aromatic carbocycles. The van der Waals surface area contributed by atoms with Gasteiger partial charge in [-0.1, -0.05) is 139 Å². The smallest absolute Gasteiger partial charge is 0.356 e. The summed E-state index contributed by atoms with van der Waals surface area (Å²) in [6.07, 6.45) is -3.45. The summed E-state index contributed by atoms with van der Waals surface area (Å²) in [5.74, 6) is -1.74. The molecule has 0 aliphatic carbocycles. The minimum absolute atomic E-state index is 0.0351. The second kappa shape index (κ2) is 19.4. The van der Waals surface area contributed by atoms with Crippen molar-refractivity contribution in [3.05, 3.63) is 184 Å². The van der Waals surface area contributed by atoms with Crippen molar-refractivity contribution in [1.82, 2.24) is 10.2 Å². The molecule has 0 saturated carbocycles. The lowest BCUT2D eigenvalue weighted by Gasteiger charge is -2.49. The quantitative estimate of drug-likeness (QED) is 0.0830. The molecule has 1 aromatic heterocycles. The van der Waals surface area contributed by atoms with Crippen LogP contribution in [0.3, 0.4) is 0 Å². The number of nitrogens with zero attached hydrogens (tertiary/aromatic N) is 1. The second-order valence-corrected chi connectivity index (χ2v) is 14.3. The molecule has 1 aliphatic rings. The van der Waals surface area contributed by atoms with Crippen LogP contribution < -0.4 is 9.47 Å². The molecule has 11 heteroatoms. The van der Waals surface area contributed by atoms with Gasteiger partial charge in [-0.2, -0.15) is 0 Å². The fraction of sp³-hybridized carbons (Fsp3) is 0.283. The third-order valence-electron chi connectivity index (χ3n) is 9.78. The summed E-state index contributed by atoms with van der Waals surface area (Å²) in [6.45, 7) is 2.78. The van der Waals surface area contributed by atoms with Gasteiger partial charge in [0.1, 0.15) is 24.1 Å². The summed E-state index contributed by atoms with van der Waals surface area (Å²) >= 11 is 6.50. The van der Waals surface area contributed by atoms with Crippen molar-refractivity contribution in [3.8, 4) is 11.6 Å². The van der Waals surface area contributed by atoms with Crippen LogP contribution in [0.25, 0.3) is 0 Å². The van der Waals surface area contributed by atoms with Crippen molar-refractivity contribution in [2.45, 2.75) is 70.2 Å². The van der Waals surface area contributed by atoms with Gasteiger partial charge in [0, 0.05) is 17.7 Å². The molecule has 10 nitrogen and oxygen atoms in total. The van der Waals surface area contributed by atoms with Gasteiger partial charge in [-0.25, -0.2) is 0 Å². The molecule has 7 rings (SSSR count). The van der Waals surface area contributed by atoms with E-state index in [1.807, 2.05) is 146 Å². The Bertz CT molecular complexity index is 2120. The number of aryl methyl sites for hydroxylation is 1. The van der Waals surface area contributed by atoms with Crippen molar-refractivity contribution in [3.63, 3.8) is 0 Å². The van der Waals surface area contributed by atoms with Gasteiger partial charge in [0.2, 0.25) is 5.88 Å². The third-order valence-corrected chi connectivity index (χ3v) is 10.1. The van der Waals surface area contributed by atoms with Gasteiger partial charge in [0.15, 0.2) is 6.10 Å². The van der Waals surface area contributed by atoms with Gasteiger partial charge in [-0.3, -0.25) is 5.10 Å². The number of halogens is 1. The van der Waals surface area contributed by atoms with Crippen LogP contribution in [0.1, 0.15) is 39.1 Å². The first-order chi connectivity index (χ1) is 27.9. The van der Waals surface area contributed by atoms with E-state index in [4.69, 9.17) is 44.8 Å². The molecule has 1 fully saturated rings. The molecule has 0 unspecified atom stereocenters. The minimum atomic E-state index is -2.43. The summed E-state index contributed by atoms with van der Waals surface area (Å²) in [5, 5.41) is 20.9. The fourth-order valence-electron chi connectivity index (χ4n) is 6.78. The Morgan fingerprint density at radius 1 is 0.684 bits per heavy atom. The van der Waals surface area contributed by atoms with Crippen LogP contribution in [0.2, 0.25) is 5.02 Å². The maximum Gasteiger partial charge on any atom is 0.356 e. The lowest BCUT2D eigenvalue weighted by Crippen LogP contribution is -2.69. The van der Waals surface area contributed by atoms with Crippen molar-refractivity contribution in [2.75, 3.05) is 13.7 Å². The van der Waals surface area contributed by atoms with Gasteiger partial charge >= 0.3 is 5.97 Å². The average Bonchev–Trinajstić information content (AvgIpc) is 3.57. The Kier molecular flexibility index (Phi) is 13.7. The highest BCUT2D eigenvalue weighted by Gasteiger charge is 2.59. The number of aromatic amines is 1. The SMILES string of the molecule is COc1ccc(Cc2c(O[C@]3(O)O[C@H](COCc4ccccc4)[C@@H](OCc4ccccc4)[C@H](OCc4ccccc4)[C@H]3OCc3ccccc3)n[nH]c2C)cc1Cl. The summed E-state index contributed by atoms with van der Waals surface area (Å²) in [5.41, 5.74) is 6.06. The van der Waals surface area contributed by atoms with Gasteiger partial charge in [-0.05, 0) is 46.9 Å². The van der Waals surface area contributed by atoms with E-state index >= 15 is 0 Å². The van der Waals surface area contributed by atoms with E-state index in [0.717, 1.165) is 33.5 Å². The van der Waals surface area contributed by atoms with Crippen molar-refractivity contribution in [1.29, 1.82) is 0 Å². The number of rotatable bonds is 18. The van der Waals surface area contributed by atoms with Gasteiger partial charge < -0.3 is 38.3 Å². The molecule has 0 amide bonds. The maximum absolute atomic E-state index is 12.9. The molecule has 57 heavy (non-hydrogen) atoms. The molecule has 2 heterocycles. The maximum atomic E-state index is 12.9. The first kappa shape index (κ1) is 40.2. The topological polar surface area (TPSA) is 114 Å². The second-order valence-electron chi connectivity index (χ2n) is 13.9. The Morgan fingerprint density at radius 3 is 1.75 bits per heavy atom. The molecular formula is C46H47ClN2O8. The standard InChI is InChI=1S/C46H47ClN2O8/c1-32-38(25-37-23-24-40(51-2)39(47)26-37)45(49-48-32)57-46(50)44(55-30-36-21-13-6-14-22-36)43(54-29-35-19-11-5-12-20-35)42(53-28-34-17-9-4-10-18-34)41(56-46)31-52-27-33-15-7-3-8-16-33/h3-24,26,41-44,50H,25,27-31H2,1-2H3,(H,48,49)/t41-,42-,43+,44-,46-/m1/s1. The van der Waals surface area contributed by atoms with Crippen LogP contribution in [0.5, 0.6) is 11.6 Å². The van der Waals surface area contributed by atoms with E-state index < -0.39 is 30.4 Å². The number of aromatic nitrogens is 2. The van der Waals surface area contributed by atoms with E-state index in [-0.39, 0.29) is 32.3 Å². The Morgan fingerprint density at radius 2 is 1.21 bits per heavy atom. The Hall–Kier alpha value is -5.04. The molecule has 5 atom stereocenters. The summed E-state index contributed by atoms with van der Waals surface area (Å²) in [6, 6.07) is 44.8. The fourth-order valence-corrected chi connectivity index (χ4v) is 7.06. The van der Waals surface area contributed by atoms with Crippen molar-refractivity contribution in [2.24, 2.45) is 0 Å². The Balaban J connectivity index is 1.26. The summed E-state index contributed by atoms with van der Waals surface area (Å²) < 4.78 is 45.0. The van der Waals surface area contributed by atoms with E-state index in [2.05, 4.69) is 10.2 Å². The number of benzene rings is 5. The lowest BCUT2D eigenvalue weighted by molar-refractivity contribution is -0.436. The van der Waals surface area contributed by atoms with Crippen LogP contribution >= 0.6 is 11.6 Å². The highest BCUT2D eigenvalue weighted by Crippen LogP contribution is 2.39. The molecular weight excluding hydrogens is 744 g/mol. The number of ether oxygens (including phenoxy) is 7. The van der Waals surface area contributed by atoms with Gasteiger partial charge in [0.05, 0.1) is 45.2 Å². The molecule has 1 saturated heterocycles. The molecule has 6 aromatic rings. The molecule has 0 spiro atoms. The third kappa shape index (κ3) is 10.5. The zero-order valence-corrected chi connectivity index (χ0v) is 32.7. The number of H-pyrrole nitrogens is 1. The van der Waals surface area contributed by atoms with Crippen LogP contribution in [0.4, 0.5) is 0 Å². The van der Waals surface area contributed by atoms with Crippen LogP contribution in [-0.4, -0.2) is 59.4 Å². The number of hydrogen-bond acceptors (Lipinski definition) is 9. The molecule has 1 aliphatic heterocycles. The zero-order valence-electron chi connectivity index (χ0n) is 32.0. The lowest BCUT2D eigenvalue weighted by atomic mass is 9.96. The number of nitrogens with one attached hydrogen (secondary N) is 1. The van der Waals surface area contributed by atoms with Crippen LogP contribution in [-0.2, 0) is 56.5 Å². The highest BCUT2D eigenvalue weighted by molar-refractivity contribution is 6.32. The molecule has 0 radical (unpaired) electrons. The van der Waals surface area contributed by atoms with Crippen molar-refractivity contribution >= 4 is 11.6 Å². The number of hydrogen-bond donors (Lipinski definition) is 2. The van der Waals surface area contributed by atoms with Crippen molar-refractivity contribution < 1.29 is 38.3 Å². The van der Waals surface area contributed by atoms with Crippen LogP contribution in [0, 0.1) is 6.92 Å². The van der Waals surface area contributed by atoms with E-state index in [1.54, 1.807) is 7.11 Å². The zero-order chi connectivity index (χ0) is 39.5. The summed E-state index contributed by atoms with van der Waals surface area (Å²) in [4.78, 5) is 0. The van der Waals surface area contributed by atoms with E-state index in [9.17, 15) is 5.11 Å². The molecule has 0 bridgehead atoms. The van der Waals surface area contributed by atoms with Crippen LogP contribution in [0.15, 0.2) is 140 Å². The van der Waals surface area contributed by atoms with E-state index in [0.29, 0.717) is 29.4 Å². The predicted molar refractivity (Wildman–Crippen MR) is 216 cm³/mol. The van der Waals surface area contributed by atoms with Gasteiger partial charge in [0.25, 0.3) is 0 Å². The molecule has 2 N–H and O–H groups in total. The largest absolute Gasteiger partial charge is 0.495 e. The highest BCUT2D eigenvalue weighted by atomic mass is 35.5. The predicted octanol–water partition coefficient (Wildman–Crippen LogP) is 8.37. The van der Waals surface area contributed by atoms with Gasteiger partial charge in [-0.15, -0.1) is 5.10 Å². The monoisotopic (exact) mass is 790 g/mol.